The summed E-state index contributed by atoms with van der Waals surface area (Å²) in [4.78, 5) is 17.9. The summed E-state index contributed by atoms with van der Waals surface area (Å²) in [5, 5.41) is 5.93. The van der Waals surface area contributed by atoms with Crippen molar-refractivity contribution in [2.24, 2.45) is 0 Å². The van der Waals surface area contributed by atoms with Crippen LogP contribution in [0.5, 0.6) is 0 Å². The summed E-state index contributed by atoms with van der Waals surface area (Å²) in [5.41, 5.74) is 3.94. The number of aromatic nitrogens is 2. The molecule has 5 nitrogen and oxygen atoms in total. The summed E-state index contributed by atoms with van der Waals surface area (Å²) >= 11 is 12.7. The predicted molar refractivity (Wildman–Crippen MR) is 137 cm³/mol. The molecular formula is C27H24Cl2N4O. The second-order valence-electron chi connectivity index (χ2n) is 8.34. The first-order chi connectivity index (χ1) is 16.6. The standard InChI is InChI=1S/C27H24Cl2N4O/c28-21-9-6-10-22(17-21)33-26(18-25(30-33)23-11-4-5-12-24(23)29)27(34)32-15-13-31(14-16-32)19-20-7-2-1-3-8-20/h1-12,17-18H,13-16,19H2. The van der Waals surface area contributed by atoms with Crippen molar-refractivity contribution in [1.29, 1.82) is 0 Å². The van der Waals surface area contributed by atoms with Crippen molar-refractivity contribution >= 4 is 29.1 Å². The molecule has 34 heavy (non-hydrogen) atoms. The Morgan fingerprint density at radius 3 is 2.29 bits per heavy atom. The number of carbonyl (C=O) groups excluding carboxylic acids is 1. The molecule has 0 saturated carbocycles. The van der Waals surface area contributed by atoms with Gasteiger partial charge in [0.15, 0.2) is 0 Å². The highest BCUT2D eigenvalue weighted by Crippen LogP contribution is 2.29. The van der Waals surface area contributed by atoms with Gasteiger partial charge in [0.2, 0.25) is 0 Å². The summed E-state index contributed by atoms with van der Waals surface area (Å²) in [6.07, 6.45) is 0. The van der Waals surface area contributed by atoms with E-state index in [2.05, 4.69) is 29.2 Å². The molecule has 1 aliphatic heterocycles. The Morgan fingerprint density at radius 1 is 0.824 bits per heavy atom. The first kappa shape index (κ1) is 22.7. The molecule has 4 aromatic rings. The van der Waals surface area contributed by atoms with E-state index in [0.29, 0.717) is 34.5 Å². The molecular weight excluding hydrogens is 467 g/mol. The number of rotatable bonds is 5. The minimum absolute atomic E-state index is 0.0508. The van der Waals surface area contributed by atoms with Gasteiger partial charge in [0.25, 0.3) is 5.91 Å². The van der Waals surface area contributed by atoms with Crippen molar-refractivity contribution < 1.29 is 4.79 Å². The number of hydrogen-bond acceptors (Lipinski definition) is 3. The molecule has 0 spiro atoms. The molecule has 3 aromatic carbocycles. The fourth-order valence-corrected chi connectivity index (χ4v) is 4.67. The summed E-state index contributed by atoms with van der Waals surface area (Å²) in [6, 6.07) is 27.1. The lowest BCUT2D eigenvalue weighted by molar-refractivity contribution is 0.0619. The van der Waals surface area contributed by atoms with Crippen LogP contribution in [0.25, 0.3) is 16.9 Å². The van der Waals surface area contributed by atoms with Crippen LogP contribution in [0.2, 0.25) is 10.0 Å². The van der Waals surface area contributed by atoms with E-state index in [0.717, 1.165) is 30.9 Å². The second-order valence-corrected chi connectivity index (χ2v) is 9.18. The molecule has 0 N–H and O–H groups in total. The van der Waals surface area contributed by atoms with Crippen molar-refractivity contribution in [2.75, 3.05) is 26.2 Å². The molecule has 172 valence electrons. The summed E-state index contributed by atoms with van der Waals surface area (Å²) in [6.45, 7) is 3.86. The molecule has 0 unspecified atom stereocenters. The molecule has 1 amide bonds. The van der Waals surface area contributed by atoms with Crippen LogP contribution in [0.1, 0.15) is 16.1 Å². The molecule has 1 aliphatic rings. The quantitative estimate of drug-likeness (QED) is 0.354. The Balaban J connectivity index is 1.41. The zero-order chi connectivity index (χ0) is 23.5. The maximum absolute atomic E-state index is 13.7. The van der Waals surface area contributed by atoms with E-state index in [9.17, 15) is 4.79 Å². The third-order valence-corrected chi connectivity index (χ3v) is 6.60. The van der Waals surface area contributed by atoms with Gasteiger partial charge in [0.05, 0.1) is 16.4 Å². The van der Waals surface area contributed by atoms with Crippen LogP contribution in [0.15, 0.2) is 84.9 Å². The van der Waals surface area contributed by atoms with Crippen LogP contribution in [0.4, 0.5) is 0 Å². The minimum Gasteiger partial charge on any atom is -0.335 e. The van der Waals surface area contributed by atoms with Gasteiger partial charge < -0.3 is 4.90 Å². The average molecular weight is 491 g/mol. The van der Waals surface area contributed by atoms with Crippen LogP contribution in [0.3, 0.4) is 0 Å². The molecule has 0 atom stereocenters. The number of benzene rings is 3. The van der Waals surface area contributed by atoms with Gasteiger partial charge in [0, 0.05) is 43.3 Å². The average Bonchev–Trinajstić information content (AvgIpc) is 3.30. The van der Waals surface area contributed by atoms with Crippen molar-refractivity contribution in [2.45, 2.75) is 6.54 Å². The van der Waals surface area contributed by atoms with Gasteiger partial charge in [-0.3, -0.25) is 9.69 Å². The van der Waals surface area contributed by atoms with Crippen molar-refractivity contribution in [3.05, 3.63) is 106 Å². The third kappa shape index (κ3) is 4.87. The molecule has 5 rings (SSSR count). The summed E-state index contributed by atoms with van der Waals surface area (Å²) in [5.74, 6) is -0.0508. The largest absolute Gasteiger partial charge is 0.335 e. The topological polar surface area (TPSA) is 41.4 Å². The third-order valence-electron chi connectivity index (χ3n) is 6.04. The van der Waals surface area contributed by atoms with Crippen molar-refractivity contribution in [3.8, 4) is 16.9 Å². The normalized spacial score (nSPS) is 14.4. The zero-order valence-electron chi connectivity index (χ0n) is 18.6. The Labute approximate surface area is 209 Å². The van der Waals surface area contributed by atoms with Gasteiger partial charge in [-0.15, -0.1) is 0 Å². The van der Waals surface area contributed by atoms with Crippen LogP contribution in [-0.2, 0) is 6.54 Å². The van der Waals surface area contributed by atoms with Crippen LogP contribution in [-0.4, -0.2) is 51.7 Å². The van der Waals surface area contributed by atoms with E-state index < -0.39 is 0 Å². The van der Waals surface area contributed by atoms with Gasteiger partial charge in [-0.1, -0.05) is 77.8 Å². The van der Waals surface area contributed by atoms with E-state index in [1.807, 2.05) is 53.4 Å². The highest BCUT2D eigenvalue weighted by Gasteiger charge is 2.26. The van der Waals surface area contributed by atoms with Crippen LogP contribution in [0, 0.1) is 0 Å². The Morgan fingerprint density at radius 2 is 1.56 bits per heavy atom. The van der Waals surface area contributed by atoms with E-state index in [1.54, 1.807) is 16.8 Å². The number of hydrogen-bond donors (Lipinski definition) is 0. The first-order valence-corrected chi connectivity index (χ1v) is 12.0. The Hall–Kier alpha value is -3.12. The van der Waals surface area contributed by atoms with Gasteiger partial charge in [0.1, 0.15) is 5.69 Å². The van der Waals surface area contributed by atoms with Crippen molar-refractivity contribution in [1.82, 2.24) is 19.6 Å². The molecule has 0 aliphatic carbocycles. The molecule has 0 bridgehead atoms. The highest BCUT2D eigenvalue weighted by molar-refractivity contribution is 6.33. The lowest BCUT2D eigenvalue weighted by Crippen LogP contribution is -2.48. The lowest BCUT2D eigenvalue weighted by Gasteiger charge is -2.34. The van der Waals surface area contributed by atoms with E-state index in [1.165, 1.54) is 5.56 Å². The molecule has 1 fully saturated rings. The maximum Gasteiger partial charge on any atom is 0.272 e. The predicted octanol–water partition coefficient (Wildman–Crippen LogP) is 5.80. The van der Waals surface area contributed by atoms with Gasteiger partial charge >= 0.3 is 0 Å². The summed E-state index contributed by atoms with van der Waals surface area (Å²) < 4.78 is 1.67. The molecule has 7 heteroatoms. The maximum atomic E-state index is 13.7. The number of piperazine rings is 1. The van der Waals surface area contributed by atoms with E-state index >= 15 is 0 Å². The number of halogens is 2. The van der Waals surface area contributed by atoms with Crippen molar-refractivity contribution in [3.63, 3.8) is 0 Å². The van der Waals surface area contributed by atoms with Crippen LogP contribution < -0.4 is 0 Å². The minimum atomic E-state index is -0.0508. The lowest BCUT2D eigenvalue weighted by atomic mass is 10.1. The second kappa shape index (κ2) is 10.0. The molecule has 1 saturated heterocycles. The fraction of sp³-hybridized carbons (Fsp3) is 0.185. The van der Waals surface area contributed by atoms with Crippen LogP contribution >= 0.6 is 23.2 Å². The SMILES string of the molecule is O=C(c1cc(-c2ccccc2Cl)nn1-c1cccc(Cl)c1)N1CCN(Cc2ccccc2)CC1. The Bertz CT molecular complexity index is 1300. The van der Waals surface area contributed by atoms with E-state index in [4.69, 9.17) is 28.3 Å². The summed E-state index contributed by atoms with van der Waals surface area (Å²) in [7, 11) is 0. The Kier molecular flexibility index (Phi) is 6.68. The molecule has 1 aromatic heterocycles. The van der Waals surface area contributed by atoms with Gasteiger partial charge in [-0.2, -0.15) is 5.10 Å². The van der Waals surface area contributed by atoms with Gasteiger partial charge in [-0.05, 0) is 35.9 Å². The number of nitrogens with zero attached hydrogens (tertiary/aromatic N) is 4. The van der Waals surface area contributed by atoms with Gasteiger partial charge in [-0.25, -0.2) is 4.68 Å². The number of amides is 1. The molecule has 0 radical (unpaired) electrons. The first-order valence-electron chi connectivity index (χ1n) is 11.2. The monoisotopic (exact) mass is 490 g/mol. The smallest absolute Gasteiger partial charge is 0.272 e. The van der Waals surface area contributed by atoms with E-state index in [-0.39, 0.29) is 5.91 Å². The fourth-order valence-electron chi connectivity index (χ4n) is 4.25. The number of carbonyl (C=O) groups is 1. The highest BCUT2D eigenvalue weighted by atomic mass is 35.5. The molecule has 2 heterocycles. The zero-order valence-corrected chi connectivity index (χ0v) is 20.1.